The van der Waals surface area contributed by atoms with Gasteiger partial charge < -0.3 is 24.8 Å². The van der Waals surface area contributed by atoms with Crippen LogP contribution < -0.4 is 24.8 Å². The molecule has 2 N–H and O–H groups in total. The fourth-order valence-electron chi connectivity index (χ4n) is 5.16. The van der Waals surface area contributed by atoms with Crippen molar-refractivity contribution in [3.8, 4) is 17.2 Å². The molecule has 2 aliphatic rings. The van der Waals surface area contributed by atoms with Crippen LogP contribution in [0, 0.1) is 5.82 Å². The predicted molar refractivity (Wildman–Crippen MR) is 148 cm³/mol. The molecule has 1 fully saturated rings. The highest BCUT2D eigenvalue weighted by atomic mass is 19.1. The van der Waals surface area contributed by atoms with Crippen LogP contribution in [0.5, 0.6) is 17.2 Å². The summed E-state index contributed by atoms with van der Waals surface area (Å²) >= 11 is 0. The number of rotatable bonds is 3. The molecule has 2 heterocycles. The largest absolute Gasteiger partial charge is 0.493 e. The standard InChI is InChI=1S/C31H34FN3O5/c1-38-28-9-7-21-8-10-30(36)33-17-23-13-24(32)16-25(14-23)40-27-11-12-35(18-22-5-3-2-4-6-22)19-26(27)34-31(37)20-39-29(28)15-21/h2-7,9,13-16,26-27H,8,10-12,17-20H2,1H3,(H,33,36)(H,34,37)/t26-,27-/m1/s1. The summed E-state index contributed by atoms with van der Waals surface area (Å²) in [6, 6.07) is 19.7. The topological polar surface area (TPSA) is 89.1 Å². The number of piperidine rings is 1. The van der Waals surface area contributed by atoms with Crippen LogP contribution in [0.2, 0.25) is 0 Å². The van der Waals surface area contributed by atoms with Crippen molar-refractivity contribution in [3.63, 3.8) is 0 Å². The zero-order valence-corrected chi connectivity index (χ0v) is 22.5. The van der Waals surface area contributed by atoms with Gasteiger partial charge in [0.25, 0.3) is 5.91 Å². The highest BCUT2D eigenvalue weighted by Gasteiger charge is 2.32. The van der Waals surface area contributed by atoms with Gasteiger partial charge in [0.1, 0.15) is 17.7 Å². The number of likely N-dealkylation sites (tertiary alicyclic amines) is 1. The van der Waals surface area contributed by atoms with E-state index in [9.17, 15) is 14.0 Å². The second-order valence-electron chi connectivity index (χ2n) is 10.2. The number of carbonyl (C=O) groups excluding carboxylic acids is 2. The fourth-order valence-corrected chi connectivity index (χ4v) is 5.16. The first-order valence-electron chi connectivity index (χ1n) is 13.5. The van der Waals surface area contributed by atoms with Crippen LogP contribution >= 0.6 is 0 Å². The lowest BCUT2D eigenvalue weighted by Gasteiger charge is -2.39. The van der Waals surface area contributed by atoms with Gasteiger partial charge >= 0.3 is 0 Å². The van der Waals surface area contributed by atoms with E-state index in [1.54, 1.807) is 18.2 Å². The summed E-state index contributed by atoms with van der Waals surface area (Å²) in [5, 5.41) is 5.95. The Morgan fingerprint density at radius 1 is 1.00 bits per heavy atom. The summed E-state index contributed by atoms with van der Waals surface area (Å²) in [7, 11) is 1.54. The summed E-state index contributed by atoms with van der Waals surface area (Å²) in [4.78, 5) is 27.9. The Balaban J connectivity index is 1.39. The minimum Gasteiger partial charge on any atom is -0.493 e. The van der Waals surface area contributed by atoms with Gasteiger partial charge in [-0.1, -0.05) is 36.4 Å². The van der Waals surface area contributed by atoms with Crippen molar-refractivity contribution >= 4 is 11.8 Å². The first-order chi connectivity index (χ1) is 19.4. The molecular formula is C31H34FN3O5. The maximum atomic E-state index is 14.5. The van der Waals surface area contributed by atoms with Gasteiger partial charge in [-0.15, -0.1) is 0 Å². The lowest BCUT2D eigenvalue weighted by Crippen LogP contribution is -2.57. The van der Waals surface area contributed by atoms with Crippen molar-refractivity contribution in [1.82, 2.24) is 15.5 Å². The molecular weight excluding hydrogens is 513 g/mol. The Morgan fingerprint density at radius 2 is 1.85 bits per heavy atom. The van der Waals surface area contributed by atoms with Crippen molar-refractivity contribution in [3.05, 3.63) is 89.2 Å². The Hall–Kier alpha value is -4.11. The number of ether oxygens (including phenoxy) is 3. The number of benzene rings is 3. The Bertz CT molecular complexity index is 1340. The second kappa shape index (κ2) is 12.8. The number of aryl methyl sites for hydroxylation is 1. The molecule has 3 aromatic rings. The Labute approximate surface area is 233 Å². The third-order valence-electron chi connectivity index (χ3n) is 7.16. The molecule has 210 valence electrons. The molecule has 5 rings (SSSR count). The third-order valence-corrected chi connectivity index (χ3v) is 7.16. The summed E-state index contributed by atoms with van der Waals surface area (Å²) < 4.78 is 32.1. The first kappa shape index (κ1) is 27.5. The van der Waals surface area contributed by atoms with Crippen LogP contribution in [-0.4, -0.2) is 55.7 Å². The SMILES string of the molecule is COc1ccc2cc1OCC(=O)N[C@@H]1CN(Cc3ccccc3)CC[C@H]1Oc1cc(F)cc(c1)CNC(=O)CC2. The lowest BCUT2D eigenvalue weighted by atomic mass is 10.0. The number of amides is 2. The molecule has 2 amide bonds. The monoisotopic (exact) mass is 547 g/mol. The molecule has 9 heteroatoms. The van der Waals surface area contributed by atoms with Gasteiger partial charge in [-0.25, -0.2) is 4.39 Å². The summed E-state index contributed by atoms with van der Waals surface area (Å²) in [5.74, 6) is 0.400. The van der Waals surface area contributed by atoms with E-state index in [0.29, 0.717) is 42.2 Å². The number of fused-ring (bicyclic) bond motifs is 5. The van der Waals surface area contributed by atoms with Gasteiger partial charge in [-0.3, -0.25) is 14.5 Å². The summed E-state index contributed by atoms with van der Waals surface area (Å²) in [6.07, 6.45) is 0.972. The van der Waals surface area contributed by atoms with Crippen LogP contribution in [0.3, 0.4) is 0 Å². The fraction of sp³-hybridized carbons (Fsp3) is 0.355. The van der Waals surface area contributed by atoms with Crippen molar-refractivity contribution in [2.75, 3.05) is 26.8 Å². The molecule has 0 unspecified atom stereocenters. The summed E-state index contributed by atoms with van der Waals surface area (Å²) in [5.41, 5.74) is 2.66. The van der Waals surface area contributed by atoms with Gasteiger partial charge in [0.2, 0.25) is 5.91 Å². The predicted octanol–water partition coefficient (Wildman–Crippen LogP) is 3.61. The maximum absolute atomic E-state index is 14.5. The van der Waals surface area contributed by atoms with Gasteiger partial charge in [0.05, 0.1) is 13.2 Å². The molecule has 1 saturated heterocycles. The van der Waals surface area contributed by atoms with Crippen LogP contribution in [0.25, 0.3) is 0 Å². The third kappa shape index (κ3) is 7.30. The summed E-state index contributed by atoms with van der Waals surface area (Å²) in [6.45, 7) is 2.02. The normalized spacial score (nSPS) is 20.4. The zero-order chi connectivity index (χ0) is 27.9. The van der Waals surface area contributed by atoms with Gasteiger partial charge in [-0.2, -0.15) is 0 Å². The minimum atomic E-state index is -0.447. The van der Waals surface area contributed by atoms with E-state index >= 15 is 0 Å². The molecule has 3 aromatic carbocycles. The zero-order valence-electron chi connectivity index (χ0n) is 22.5. The minimum absolute atomic E-state index is 0.156. The van der Waals surface area contributed by atoms with Gasteiger partial charge in [0.15, 0.2) is 18.1 Å². The maximum Gasteiger partial charge on any atom is 0.258 e. The van der Waals surface area contributed by atoms with E-state index in [0.717, 1.165) is 18.7 Å². The first-order valence-corrected chi connectivity index (χ1v) is 13.5. The van der Waals surface area contributed by atoms with Crippen molar-refractivity contribution in [2.24, 2.45) is 0 Å². The quantitative estimate of drug-likeness (QED) is 0.521. The van der Waals surface area contributed by atoms with Crippen LogP contribution in [0.1, 0.15) is 29.5 Å². The van der Waals surface area contributed by atoms with Crippen molar-refractivity contribution < 1.29 is 28.2 Å². The Kier molecular flexibility index (Phi) is 8.81. The lowest BCUT2D eigenvalue weighted by molar-refractivity contribution is -0.125. The van der Waals surface area contributed by atoms with E-state index in [4.69, 9.17) is 14.2 Å². The van der Waals surface area contributed by atoms with Gasteiger partial charge in [-0.05, 0) is 53.8 Å². The second-order valence-corrected chi connectivity index (χ2v) is 10.2. The number of halogens is 1. The van der Waals surface area contributed by atoms with E-state index in [1.165, 1.54) is 24.8 Å². The molecule has 0 aliphatic carbocycles. The van der Waals surface area contributed by atoms with Crippen molar-refractivity contribution in [1.29, 1.82) is 0 Å². The number of nitrogens with one attached hydrogen (secondary N) is 2. The van der Waals surface area contributed by atoms with Crippen LogP contribution in [-0.2, 0) is 29.1 Å². The van der Waals surface area contributed by atoms with Crippen molar-refractivity contribution in [2.45, 2.75) is 44.5 Å². The molecule has 4 bridgehead atoms. The highest BCUT2D eigenvalue weighted by Crippen LogP contribution is 2.29. The number of hydrogen-bond acceptors (Lipinski definition) is 6. The van der Waals surface area contributed by atoms with Crippen LogP contribution in [0.15, 0.2) is 66.7 Å². The smallest absolute Gasteiger partial charge is 0.258 e. The molecule has 0 spiro atoms. The molecule has 2 atom stereocenters. The van der Waals surface area contributed by atoms with E-state index in [1.807, 2.05) is 24.3 Å². The molecule has 0 aromatic heterocycles. The molecule has 0 saturated carbocycles. The van der Waals surface area contributed by atoms with E-state index in [2.05, 4.69) is 27.7 Å². The number of hydrogen-bond donors (Lipinski definition) is 2. The van der Waals surface area contributed by atoms with Crippen LogP contribution in [0.4, 0.5) is 4.39 Å². The number of nitrogens with zero attached hydrogens (tertiary/aromatic N) is 1. The molecule has 2 aliphatic heterocycles. The molecule has 40 heavy (non-hydrogen) atoms. The Morgan fingerprint density at radius 3 is 2.67 bits per heavy atom. The van der Waals surface area contributed by atoms with E-state index in [-0.39, 0.29) is 43.5 Å². The number of methoxy groups -OCH3 is 1. The average Bonchev–Trinajstić information content (AvgIpc) is 2.95. The highest BCUT2D eigenvalue weighted by molar-refractivity contribution is 5.78. The molecule has 0 radical (unpaired) electrons. The van der Waals surface area contributed by atoms with E-state index < -0.39 is 5.82 Å². The number of carbonyl (C=O) groups is 2. The average molecular weight is 548 g/mol. The van der Waals surface area contributed by atoms with Gasteiger partial charge in [0, 0.05) is 38.7 Å². The molecule has 8 nitrogen and oxygen atoms in total.